The minimum atomic E-state index is -0.663. The maximum absolute atomic E-state index is 12.4. The average Bonchev–Trinajstić information content (AvgIpc) is 2.61. The van der Waals surface area contributed by atoms with E-state index in [1.54, 1.807) is 31.2 Å². The number of ether oxygens (including phenoxy) is 3. The smallest absolute Gasteiger partial charge is 0.343 e. The molecular formula is C18H17NO6. The Morgan fingerprint density at radius 2 is 2.08 bits per heavy atom. The van der Waals surface area contributed by atoms with E-state index in [1.807, 2.05) is 0 Å². The van der Waals surface area contributed by atoms with E-state index in [0.717, 1.165) is 0 Å². The number of hydrogen-bond donors (Lipinski definition) is 1. The zero-order valence-corrected chi connectivity index (χ0v) is 13.8. The fourth-order valence-electron chi connectivity index (χ4n) is 2.96. The quantitative estimate of drug-likeness (QED) is 0.853. The Balaban J connectivity index is 2.21. The molecule has 3 rings (SSSR count). The van der Waals surface area contributed by atoms with Gasteiger partial charge in [-0.1, -0.05) is 18.2 Å². The van der Waals surface area contributed by atoms with Gasteiger partial charge in [0.1, 0.15) is 11.3 Å². The summed E-state index contributed by atoms with van der Waals surface area (Å²) in [5, 5.41) is 0. The van der Waals surface area contributed by atoms with Crippen LogP contribution < -0.4 is 15.0 Å². The third-order valence-electron chi connectivity index (χ3n) is 4.03. The molecule has 0 aliphatic carbocycles. The Morgan fingerprint density at radius 3 is 2.80 bits per heavy atom. The molecule has 0 bridgehead atoms. The molecule has 2 heterocycles. The molecule has 1 atom stereocenters. The Labute approximate surface area is 143 Å². The summed E-state index contributed by atoms with van der Waals surface area (Å²) in [6.45, 7) is 1.83. The van der Waals surface area contributed by atoms with Crippen LogP contribution in [0, 0.1) is 0 Å². The van der Waals surface area contributed by atoms with E-state index in [2.05, 4.69) is 4.98 Å². The number of carbonyl (C=O) groups excluding carboxylic acids is 2. The van der Waals surface area contributed by atoms with Gasteiger partial charge in [0, 0.05) is 17.7 Å². The van der Waals surface area contributed by atoms with Crippen LogP contribution in [0.15, 0.2) is 35.3 Å². The van der Waals surface area contributed by atoms with Crippen molar-refractivity contribution in [3.63, 3.8) is 0 Å². The van der Waals surface area contributed by atoms with Crippen LogP contribution in [0.1, 0.15) is 40.7 Å². The van der Waals surface area contributed by atoms with Crippen molar-refractivity contribution in [2.24, 2.45) is 0 Å². The van der Waals surface area contributed by atoms with Crippen molar-refractivity contribution in [3.05, 3.63) is 57.5 Å². The highest BCUT2D eigenvalue weighted by Gasteiger charge is 2.36. The van der Waals surface area contributed by atoms with E-state index in [-0.39, 0.29) is 29.9 Å². The van der Waals surface area contributed by atoms with Crippen molar-refractivity contribution in [2.45, 2.75) is 19.3 Å². The molecule has 1 aromatic carbocycles. The highest BCUT2D eigenvalue weighted by Crippen LogP contribution is 2.41. The van der Waals surface area contributed by atoms with Gasteiger partial charge in [0.25, 0.3) is 5.56 Å². The summed E-state index contributed by atoms with van der Waals surface area (Å²) in [7, 11) is 1.51. The van der Waals surface area contributed by atoms with Crippen LogP contribution >= 0.6 is 0 Å². The highest BCUT2D eigenvalue weighted by molar-refractivity contribution is 5.94. The van der Waals surface area contributed by atoms with Gasteiger partial charge in [-0.25, -0.2) is 4.79 Å². The van der Waals surface area contributed by atoms with Crippen molar-refractivity contribution < 1.29 is 23.8 Å². The number of hydrogen-bond acceptors (Lipinski definition) is 6. The molecule has 0 amide bonds. The van der Waals surface area contributed by atoms with Crippen molar-refractivity contribution in [1.29, 1.82) is 0 Å². The Bertz CT molecular complexity index is 885. The molecule has 0 spiro atoms. The average molecular weight is 343 g/mol. The molecule has 25 heavy (non-hydrogen) atoms. The van der Waals surface area contributed by atoms with Crippen molar-refractivity contribution in [3.8, 4) is 11.5 Å². The number of methoxy groups -OCH3 is 1. The standard InChI is InChI=1S/C18H17NO6/c1-3-24-18(22)12-9-19-17(21)15-11(8-14(20)25-16(12)15)10-6-4-5-7-13(10)23-2/h4-7,9,11H,3,8H2,1-2H3,(H,19,21)/t11-/m0/s1. The maximum Gasteiger partial charge on any atom is 0.343 e. The highest BCUT2D eigenvalue weighted by atomic mass is 16.5. The molecule has 7 nitrogen and oxygen atoms in total. The molecule has 1 aliphatic heterocycles. The predicted octanol–water partition coefficient (Wildman–Crippen LogP) is 2.00. The number of rotatable bonds is 4. The Kier molecular flexibility index (Phi) is 4.56. The maximum atomic E-state index is 12.4. The lowest BCUT2D eigenvalue weighted by Gasteiger charge is -2.26. The van der Waals surface area contributed by atoms with Gasteiger partial charge in [-0.2, -0.15) is 0 Å². The van der Waals surface area contributed by atoms with Crippen LogP contribution in [0.25, 0.3) is 0 Å². The number of pyridine rings is 1. The molecule has 1 aromatic heterocycles. The largest absolute Gasteiger partial charge is 0.496 e. The predicted molar refractivity (Wildman–Crippen MR) is 88.1 cm³/mol. The second-order valence-corrected chi connectivity index (χ2v) is 5.47. The number of carbonyl (C=O) groups is 2. The number of aromatic amines is 1. The van der Waals surface area contributed by atoms with Gasteiger partial charge in [-0.3, -0.25) is 9.59 Å². The number of fused-ring (bicyclic) bond motifs is 1. The zero-order valence-electron chi connectivity index (χ0n) is 13.8. The monoisotopic (exact) mass is 343 g/mol. The molecule has 0 saturated heterocycles. The van der Waals surface area contributed by atoms with Crippen molar-refractivity contribution in [1.82, 2.24) is 4.98 Å². The minimum absolute atomic E-state index is 0.0180. The summed E-state index contributed by atoms with van der Waals surface area (Å²) in [5.74, 6) is -1.27. The van der Waals surface area contributed by atoms with Gasteiger partial charge in [0.2, 0.25) is 0 Å². The minimum Gasteiger partial charge on any atom is -0.496 e. The summed E-state index contributed by atoms with van der Waals surface area (Å²) in [6, 6.07) is 7.12. The zero-order chi connectivity index (χ0) is 18.0. The van der Waals surface area contributed by atoms with Gasteiger partial charge in [-0.05, 0) is 13.0 Å². The van der Waals surface area contributed by atoms with Crippen LogP contribution in [0.3, 0.4) is 0 Å². The normalized spacial score (nSPS) is 15.9. The first-order valence-electron chi connectivity index (χ1n) is 7.83. The third kappa shape index (κ3) is 3.00. The fourth-order valence-corrected chi connectivity index (χ4v) is 2.96. The van der Waals surface area contributed by atoms with Gasteiger partial charge >= 0.3 is 11.9 Å². The second kappa shape index (κ2) is 6.80. The van der Waals surface area contributed by atoms with E-state index < -0.39 is 23.4 Å². The number of benzene rings is 1. The molecule has 130 valence electrons. The van der Waals surface area contributed by atoms with E-state index in [1.165, 1.54) is 13.3 Å². The molecule has 0 radical (unpaired) electrons. The summed E-state index contributed by atoms with van der Waals surface area (Å²) in [5.41, 5.74) is 0.486. The van der Waals surface area contributed by atoms with Crippen LogP contribution in [-0.2, 0) is 9.53 Å². The van der Waals surface area contributed by atoms with Crippen LogP contribution in [0.2, 0.25) is 0 Å². The summed E-state index contributed by atoms with van der Waals surface area (Å²) in [4.78, 5) is 39.2. The molecular weight excluding hydrogens is 326 g/mol. The molecule has 0 saturated carbocycles. The number of para-hydroxylation sites is 1. The van der Waals surface area contributed by atoms with Gasteiger partial charge < -0.3 is 19.2 Å². The van der Waals surface area contributed by atoms with Gasteiger partial charge in [0.05, 0.1) is 25.7 Å². The Hall–Kier alpha value is -3.09. The number of nitrogens with one attached hydrogen (secondary N) is 1. The lowest BCUT2D eigenvalue weighted by molar-refractivity contribution is -0.135. The van der Waals surface area contributed by atoms with E-state index in [4.69, 9.17) is 14.2 Å². The first-order valence-corrected chi connectivity index (χ1v) is 7.83. The van der Waals surface area contributed by atoms with Gasteiger partial charge in [0.15, 0.2) is 5.75 Å². The lowest BCUT2D eigenvalue weighted by atomic mass is 9.86. The topological polar surface area (TPSA) is 94.7 Å². The van der Waals surface area contributed by atoms with Crippen molar-refractivity contribution >= 4 is 11.9 Å². The van der Waals surface area contributed by atoms with Crippen LogP contribution in [0.4, 0.5) is 0 Å². The lowest BCUT2D eigenvalue weighted by Crippen LogP contribution is -2.30. The molecule has 1 N–H and O–H groups in total. The fraction of sp³-hybridized carbons (Fsp3) is 0.278. The van der Waals surface area contributed by atoms with Crippen LogP contribution in [0.5, 0.6) is 11.5 Å². The summed E-state index contributed by atoms with van der Waals surface area (Å²) < 4.78 is 15.6. The SMILES string of the molecule is CCOC(=O)c1c[nH]c(=O)c2c1OC(=O)C[C@H]2c1ccccc1OC. The Morgan fingerprint density at radius 1 is 1.32 bits per heavy atom. The number of H-pyrrole nitrogens is 1. The number of esters is 2. The summed E-state index contributed by atoms with van der Waals surface area (Å²) >= 11 is 0. The van der Waals surface area contributed by atoms with Crippen LogP contribution in [-0.4, -0.2) is 30.6 Å². The van der Waals surface area contributed by atoms with E-state index in [0.29, 0.717) is 11.3 Å². The second-order valence-electron chi connectivity index (χ2n) is 5.47. The van der Waals surface area contributed by atoms with E-state index >= 15 is 0 Å². The molecule has 7 heteroatoms. The number of aromatic nitrogens is 1. The first-order chi connectivity index (χ1) is 12.1. The van der Waals surface area contributed by atoms with E-state index in [9.17, 15) is 14.4 Å². The molecule has 0 unspecified atom stereocenters. The molecule has 0 fully saturated rings. The molecule has 2 aromatic rings. The van der Waals surface area contributed by atoms with Gasteiger partial charge in [-0.15, -0.1) is 0 Å². The van der Waals surface area contributed by atoms with Crippen molar-refractivity contribution in [2.75, 3.05) is 13.7 Å². The first kappa shape index (κ1) is 16.8. The summed E-state index contributed by atoms with van der Waals surface area (Å²) in [6.07, 6.45) is 1.18. The third-order valence-corrected chi connectivity index (χ3v) is 4.03. The molecule has 1 aliphatic rings.